The Hall–Kier alpha value is -2.87. The molecule has 0 radical (unpaired) electrons. The van der Waals surface area contributed by atoms with Crippen LogP contribution < -0.4 is 23.7 Å². The topological polar surface area (TPSA) is 98.0 Å². The van der Waals surface area contributed by atoms with Crippen molar-refractivity contribution in [3.05, 3.63) is 70.7 Å². The van der Waals surface area contributed by atoms with Gasteiger partial charge in [-0.25, -0.2) is 9.36 Å². The first-order chi connectivity index (χ1) is 22.4. The minimum absolute atomic E-state index is 0.0962. The molecule has 3 rings (SSSR count). The first-order valence-electron chi connectivity index (χ1n) is 17.1. The number of benzene rings is 2. The second-order valence-corrected chi connectivity index (χ2v) is 14.1. The Morgan fingerprint density at radius 2 is 1.41 bits per heavy atom. The number of unbranched alkanes of at least 4 members (excludes halogenated alkanes) is 15. The van der Waals surface area contributed by atoms with Gasteiger partial charge in [0.2, 0.25) is 5.51 Å². The summed E-state index contributed by atoms with van der Waals surface area (Å²) in [4.78, 5) is 22.9. The van der Waals surface area contributed by atoms with E-state index in [4.69, 9.17) is 13.8 Å². The molecule has 1 aromatic heterocycles. The molecule has 1 amide bonds. The third kappa shape index (κ3) is 15.6. The van der Waals surface area contributed by atoms with Crippen molar-refractivity contribution in [1.29, 1.82) is 0 Å². The number of phosphoric ester groups is 1. The van der Waals surface area contributed by atoms with Gasteiger partial charge in [0.1, 0.15) is 17.2 Å². The lowest BCUT2D eigenvalue weighted by molar-refractivity contribution is -0.683. The fraction of sp³-hybridized carbons (Fsp3) is 0.556. The van der Waals surface area contributed by atoms with Gasteiger partial charge in [-0.3, -0.25) is 4.89 Å². The Kier molecular flexibility index (Phi) is 17.8. The van der Waals surface area contributed by atoms with Gasteiger partial charge in [0.05, 0.1) is 5.38 Å². The molecule has 46 heavy (non-hydrogen) atoms. The highest BCUT2D eigenvalue weighted by Gasteiger charge is 2.27. The molecule has 0 spiro atoms. The van der Waals surface area contributed by atoms with Crippen LogP contribution in [0.3, 0.4) is 0 Å². The van der Waals surface area contributed by atoms with Crippen molar-refractivity contribution in [2.45, 2.75) is 123 Å². The van der Waals surface area contributed by atoms with Crippen LogP contribution in [0, 0.1) is 6.92 Å². The van der Waals surface area contributed by atoms with Gasteiger partial charge in [-0.05, 0) is 37.6 Å². The molecule has 0 aliphatic rings. The molecular weight excluding hydrogens is 619 g/mol. The first kappa shape index (κ1) is 37.6. The molecule has 0 saturated carbocycles. The molecule has 1 heterocycles. The maximum Gasteiger partial charge on any atom is 0.584 e. The molecule has 3 aromatic rings. The van der Waals surface area contributed by atoms with E-state index in [-0.39, 0.29) is 17.2 Å². The number of hydrogen-bond donors (Lipinski definition) is 2. The van der Waals surface area contributed by atoms with Gasteiger partial charge >= 0.3 is 13.9 Å². The predicted octanol–water partition coefficient (Wildman–Crippen LogP) is 10.3. The molecule has 0 saturated heterocycles. The lowest BCUT2D eigenvalue weighted by Gasteiger charge is -2.17. The van der Waals surface area contributed by atoms with Crippen LogP contribution in [0.5, 0.6) is 17.2 Å². The van der Waals surface area contributed by atoms with Gasteiger partial charge in [-0.2, -0.15) is 4.57 Å². The van der Waals surface area contributed by atoms with Crippen molar-refractivity contribution in [3.63, 3.8) is 0 Å². The highest BCUT2D eigenvalue weighted by molar-refractivity contribution is 7.48. The molecule has 0 aliphatic carbocycles. The van der Waals surface area contributed by atoms with Crippen LogP contribution in [0.2, 0.25) is 0 Å². The van der Waals surface area contributed by atoms with Crippen molar-refractivity contribution in [2.24, 2.45) is 0 Å². The molecule has 2 N–H and O–H groups in total. The van der Waals surface area contributed by atoms with E-state index in [0.29, 0.717) is 18.7 Å². The first-order valence-corrected chi connectivity index (χ1v) is 19.6. The summed E-state index contributed by atoms with van der Waals surface area (Å²) >= 11 is 1.58. The van der Waals surface area contributed by atoms with E-state index >= 15 is 0 Å². The number of rotatable bonds is 24. The average Bonchev–Trinajstić information content (AvgIpc) is 3.53. The molecule has 0 aliphatic heterocycles. The Labute approximate surface area is 280 Å². The summed E-state index contributed by atoms with van der Waals surface area (Å²) in [6.07, 6.45) is 22.2. The number of ether oxygens (including phenoxy) is 1. The summed E-state index contributed by atoms with van der Waals surface area (Å²) in [5, 5.41) is 4.77. The summed E-state index contributed by atoms with van der Waals surface area (Å²) in [5.74, 6) is 0.563. The number of carbonyl (C=O) groups is 1. The number of carbonyl (C=O) groups excluding carboxylic acids is 1. The minimum atomic E-state index is -4.52. The molecule has 1 unspecified atom stereocenters. The average molecular weight is 674 g/mol. The summed E-state index contributed by atoms with van der Waals surface area (Å²) in [7, 11) is -4.52. The second kappa shape index (κ2) is 21.8. The summed E-state index contributed by atoms with van der Waals surface area (Å²) in [6, 6.07) is 11.7. The fourth-order valence-corrected chi connectivity index (χ4v) is 6.80. The largest absolute Gasteiger partial charge is 0.584 e. The number of aromatic nitrogens is 1. The van der Waals surface area contributed by atoms with Crippen molar-refractivity contribution >= 4 is 25.3 Å². The highest BCUT2D eigenvalue weighted by Crippen LogP contribution is 2.46. The number of nitrogens with zero attached hydrogens (tertiary/aromatic N) is 1. The van der Waals surface area contributed by atoms with Crippen LogP contribution in [-0.2, 0) is 11.1 Å². The standard InChI is InChI=1S/C36H53N2O6PS/c1-3-4-5-6-7-8-9-10-11-12-13-14-15-16-17-18-25-37-36(39)42-34-23-20-24-35(31(34)2)44-45(40,41)43-33-22-19-21-32(28-33)29-38-26-27-46-30-38/h19-24,26-28,30H,3-18,25,29H2,1-2H3,(H-,37,39,40,41)/p+1. The van der Waals surface area contributed by atoms with Crippen molar-refractivity contribution in [2.75, 3.05) is 6.54 Å². The van der Waals surface area contributed by atoms with Gasteiger partial charge < -0.3 is 19.1 Å². The zero-order chi connectivity index (χ0) is 32.9. The lowest BCUT2D eigenvalue weighted by Crippen LogP contribution is -2.30. The molecule has 8 nitrogen and oxygen atoms in total. The van der Waals surface area contributed by atoms with Crippen molar-refractivity contribution in [3.8, 4) is 17.2 Å². The van der Waals surface area contributed by atoms with E-state index in [1.807, 2.05) is 27.7 Å². The van der Waals surface area contributed by atoms with Gasteiger partial charge in [-0.15, -0.1) is 0 Å². The zero-order valence-corrected chi connectivity index (χ0v) is 29.5. The summed E-state index contributed by atoms with van der Waals surface area (Å²) in [6.45, 7) is 5.07. The Bertz CT molecular complexity index is 1320. The highest BCUT2D eigenvalue weighted by atomic mass is 32.1. The van der Waals surface area contributed by atoms with E-state index in [1.165, 1.54) is 96.0 Å². The van der Waals surface area contributed by atoms with Crippen molar-refractivity contribution < 1.29 is 32.6 Å². The maximum atomic E-state index is 12.8. The van der Waals surface area contributed by atoms with Gasteiger partial charge in [0.25, 0.3) is 0 Å². The van der Waals surface area contributed by atoms with Crippen molar-refractivity contribution in [1.82, 2.24) is 5.32 Å². The number of phosphoric acid groups is 1. The molecular formula is C36H54N2O6PS+. The number of nitrogens with one attached hydrogen (secondary N) is 1. The Balaban J connectivity index is 1.27. The van der Waals surface area contributed by atoms with Gasteiger partial charge in [-0.1, -0.05) is 133 Å². The van der Waals surface area contributed by atoms with Crippen LogP contribution in [0.15, 0.2) is 59.6 Å². The lowest BCUT2D eigenvalue weighted by atomic mass is 10.0. The minimum Gasteiger partial charge on any atom is -0.410 e. The van der Waals surface area contributed by atoms with Crippen LogP contribution >= 0.6 is 19.2 Å². The number of amides is 1. The predicted molar refractivity (Wildman–Crippen MR) is 186 cm³/mol. The monoisotopic (exact) mass is 673 g/mol. The van der Waals surface area contributed by atoms with E-state index in [2.05, 4.69) is 12.2 Å². The molecule has 2 aromatic carbocycles. The normalized spacial score (nSPS) is 12.4. The molecule has 254 valence electrons. The number of hydrogen-bond acceptors (Lipinski definition) is 6. The van der Waals surface area contributed by atoms with E-state index in [9.17, 15) is 14.3 Å². The molecule has 0 fully saturated rings. The molecule has 1 atom stereocenters. The van der Waals surface area contributed by atoms with Crippen LogP contribution in [0.1, 0.15) is 121 Å². The van der Waals surface area contributed by atoms with Gasteiger partial charge in [0, 0.05) is 17.7 Å². The van der Waals surface area contributed by atoms with E-state index in [0.717, 1.165) is 18.4 Å². The second-order valence-electron chi connectivity index (χ2n) is 12.0. The third-order valence-corrected chi connectivity index (χ3v) is 9.50. The Morgan fingerprint density at radius 1 is 0.826 bits per heavy atom. The molecule has 10 heteroatoms. The van der Waals surface area contributed by atoms with Gasteiger partial charge in [0.15, 0.2) is 12.7 Å². The quantitative estimate of drug-likeness (QED) is 0.0558. The van der Waals surface area contributed by atoms with Crippen LogP contribution in [0.25, 0.3) is 0 Å². The van der Waals surface area contributed by atoms with Crippen LogP contribution in [-0.4, -0.2) is 17.5 Å². The zero-order valence-electron chi connectivity index (χ0n) is 27.8. The summed E-state index contributed by atoms with van der Waals surface area (Å²) in [5.41, 5.74) is 3.31. The molecule has 0 bridgehead atoms. The smallest absolute Gasteiger partial charge is 0.410 e. The van der Waals surface area contributed by atoms with E-state index in [1.54, 1.807) is 48.6 Å². The Morgan fingerprint density at radius 3 is 2.02 bits per heavy atom. The SMILES string of the molecule is CCCCCCCCCCCCCCCCCCNC(=O)Oc1cccc(OP(=O)(O)Oc2cccc(C[n+]3ccsc3)c2)c1C. The third-order valence-electron chi connectivity index (χ3n) is 7.96. The fourth-order valence-electron chi connectivity index (χ4n) is 5.34. The maximum absolute atomic E-state index is 12.8. The van der Waals surface area contributed by atoms with Crippen LogP contribution in [0.4, 0.5) is 4.79 Å². The van der Waals surface area contributed by atoms with E-state index < -0.39 is 13.9 Å². The number of thiazole rings is 1. The summed E-state index contributed by atoms with van der Waals surface area (Å²) < 4.78 is 31.0.